The molecule has 0 spiro atoms. The highest BCUT2D eigenvalue weighted by Crippen LogP contribution is 2.23. The summed E-state index contributed by atoms with van der Waals surface area (Å²) in [6.07, 6.45) is 0.558. The van der Waals surface area contributed by atoms with Gasteiger partial charge in [0.1, 0.15) is 6.54 Å². The van der Waals surface area contributed by atoms with Crippen molar-refractivity contribution in [3.63, 3.8) is 0 Å². The Labute approximate surface area is 121 Å². The fourth-order valence-electron chi connectivity index (χ4n) is 1.73. The van der Waals surface area contributed by atoms with Gasteiger partial charge in [-0.05, 0) is 37.1 Å². The van der Waals surface area contributed by atoms with Crippen LogP contribution in [0.5, 0.6) is 0 Å². The van der Waals surface area contributed by atoms with Crippen molar-refractivity contribution in [1.82, 2.24) is 4.31 Å². The molecule has 1 aromatic rings. The van der Waals surface area contributed by atoms with Crippen molar-refractivity contribution in [2.75, 3.05) is 13.1 Å². The number of aliphatic carboxylic acids is 1. The third kappa shape index (κ3) is 4.02. The Morgan fingerprint density at radius 2 is 2.05 bits per heavy atom. The number of hydrogen-bond acceptors (Lipinski definition) is 3. The topological polar surface area (TPSA) is 74.7 Å². The lowest BCUT2D eigenvalue weighted by Crippen LogP contribution is -2.36. The van der Waals surface area contributed by atoms with E-state index in [0.717, 1.165) is 8.78 Å². The molecule has 0 aliphatic rings. The first-order valence-electron chi connectivity index (χ1n) is 5.77. The van der Waals surface area contributed by atoms with Crippen LogP contribution in [0.1, 0.15) is 18.9 Å². The molecule has 1 aromatic carbocycles. The molecule has 0 saturated heterocycles. The normalized spacial score (nSPS) is 11.8. The largest absolute Gasteiger partial charge is 0.480 e. The Morgan fingerprint density at radius 3 is 2.53 bits per heavy atom. The zero-order valence-corrected chi connectivity index (χ0v) is 13.2. The molecule has 5 nitrogen and oxygen atoms in total. The number of aryl methyl sites for hydroxylation is 1. The van der Waals surface area contributed by atoms with Crippen molar-refractivity contribution < 1.29 is 18.3 Å². The van der Waals surface area contributed by atoms with Gasteiger partial charge in [0.2, 0.25) is 10.0 Å². The lowest BCUT2D eigenvalue weighted by Gasteiger charge is -2.20. The Morgan fingerprint density at radius 1 is 1.42 bits per heavy atom. The van der Waals surface area contributed by atoms with Gasteiger partial charge in [0, 0.05) is 11.0 Å². The van der Waals surface area contributed by atoms with Crippen molar-refractivity contribution in [3.05, 3.63) is 28.2 Å². The number of sulfonamides is 1. The summed E-state index contributed by atoms with van der Waals surface area (Å²) < 4.78 is 26.6. The van der Waals surface area contributed by atoms with E-state index in [1.54, 1.807) is 26.0 Å². The summed E-state index contributed by atoms with van der Waals surface area (Å²) in [7, 11) is -3.77. The van der Waals surface area contributed by atoms with E-state index in [1.807, 2.05) is 0 Å². The molecule has 1 N–H and O–H groups in total. The van der Waals surface area contributed by atoms with Crippen LogP contribution >= 0.6 is 15.9 Å². The second kappa shape index (κ2) is 6.49. The number of carbonyl (C=O) groups is 1. The third-order valence-electron chi connectivity index (χ3n) is 2.54. The quantitative estimate of drug-likeness (QED) is 0.854. The molecule has 0 fully saturated rings. The van der Waals surface area contributed by atoms with E-state index in [-0.39, 0.29) is 11.4 Å². The van der Waals surface area contributed by atoms with Crippen LogP contribution in [0.2, 0.25) is 0 Å². The standard InChI is InChI=1S/C12H16BrNO4S/c1-3-6-14(8-12(15)16)19(17,18)11-5-4-10(13)7-9(11)2/h4-5,7H,3,6,8H2,1-2H3,(H,15,16). The van der Waals surface area contributed by atoms with Gasteiger partial charge >= 0.3 is 5.97 Å². The maximum Gasteiger partial charge on any atom is 0.318 e. The predicted octanol–water partition coefficient (Wildman–Crippen LogP) is 2.24. The summed E-state index contributed by atoms with van der Waals surface area (Å²) in [4.78, 5) is 10.9. The van der Waals surface area contributed by atoms with E-state index in [2.05, 4.69) is 15.9 Å². The van der Waals surface area contributed by atoms with Gasteiger partial charge in [0.05, 0.1) is 4.90 Å². The highest BCUT2D eigenvalue weighted by Gasteiger charge is 2.27. The first-order chi connectivity index (χ1) is 8.78. The van der Waals surface area contributed by atoms with Crippen molar-refractivity contribution in [2.24, 2.45) is 0 Å². The number of hydrogen-bond donors (Lipinski definition) is 1. The molecular weight excluding hydrogens is 334 g/mol. The van der Waals surface area contributed by atoms with Crippen LogP contribution in [0.15, 0.2) is 27.6 Å². The predicted molar refractivity (Wildman–Crippen MR) is 75.6 cm³/mol. The van der Waals surface area contributed by atoms with Crippen LogP contribution in [-0.2, 0) is 14.8 Å². The molecule has 106 valence electrons. The SMILES string of the molecule is CCCN(CC(=O)O)S(=O)(=O)c1ccc(Br)cc1C. The van der Waals surface area contributed by atoms with Gasteiger partial charge in [-0.2, -0.15) is 4.31 Å². The summed E-state index contributed by atoms with van der Waals surface area (Å²) in [5, 5.41) is 8.82. The Balaban J connectivity index is 3.22. The van der Waals surface area contributed by atoms with Gasteiger partial charge in [-0.3, -0.25) is 4.79 Å². The Hall–Kier alpha value is -0.920. The number of carboxylic acid groups (broad SMARTS) is 1. The van der Waals surface area contributed by atoms with Gasteiger partial charge in [-0.15, -0.1) is 0 Å². The molecule has 1 rings (SSSR count). The molecule has 0 bridgehead atoms. The lowest BCUT2D eigenvalue weighted by molar-refractivity contribution is -0.137. The van der Waals surface area contributed by atoms with Gasteiger partial charge in [-0.1, -0.05) is 22.9 Å². The average molecular weight is 350 g/mol. The van der Waals surface area contributed by atoms with Crippen LogP contribution in [0.3, 0.4) is 0 Å². The molecule has 0 saturated carbocycles. The van der Waals surface area contributed by atoms with E-state index in [1.165, 1.54) is 6.07 Å². The molecule has 0 aliphatic carbocycles. The lowest BCUT2D eigenvalue weighted by atomic mass is 10.2. The summed E-state index contributed by atoms with van der Waals surface area (Å²) in [5.74, 6) is -1.16. The molecule has 0 amide bonds. The van der Waals surface area contributed by atoms with E-state index < -0.39 is 22.5 Å². The zero-order chi connectivity index (χ0) is 14.6. The van der Waals surface area contributed by atoms with Crippen LogP contribution in [0.25, 0.3) is 0 Å². The van der Waals surface area contributed by atoms with Crippen LogP contribution in [0.4, 0.5) is 0 Å². The molecule has 0 aromatic heterocycles. The Bertz CT molecular complexity index is 571. The molecule has 0 radical (unpaired) electrons. The number of nitrogens with zero attached hydrogens (tertiary/aromatic N) is 1. The first-order valence-corrected chi connectivity index (χ1v) is 8.00. The van der Waals surface area contributed by atoms with E-state index >= 15 is 0 Å². The maximum absolute atomic E-state index is 12.4. The highest BCUT2D eigenvalue weighted by atomic mass is 79.9. The molecule has 7 heteroatoms. The minimum Gasteiger partial charge on any atom is -0.480 e. The van der Waals surface area contributed by atoms with Crippen LogP contribution in [-0.4, -0.2) is 36.9 Å². The number of rotatable bonds is 6. The fraction of sp³-hybridized carbons (Fsp3) is 0.417. The van der Waals surface area contributed by atoms with Gasteiger partial charge in [-0.25, -0.2) is 8.42 Å². The molecule has 19 heavy (non-hydrogen) atoms. The minimum atomic E-state index is -3.77. The second-order valence-electron chi connectivity index (χ2n) is 4.14. The first kappa shape index (κ1) is 16.1. The molecule has 0 atom stereocenters. The maximum atomic E-state index is 12.4. The van der Waals surface area contributed by atoms with Crippen LogP contribution in [0, 0.1) is 6.92 Å². The van der Waals surface area contributed by atoms with Crippen molar-refractivity contribution >= 4 is 31.9 Å². The van der Waals surface area contributed by atoms with E-state index in [9.17, 15) is 13.2 Å². The zero-order valence-electron chi connectivity index (χ0n) is 10.8. The number of benzene rings is 1. The number of carboxylic acids is 1. The molecular formula is C12H16BrNO4S. The Kier molecular flexibility index (Phi) is 5.51. The second-order valence-corrected chi connectivity index (χ2v) is 6.96. The monoisotopic (exact) mass is 349 g/mol. The average Bonchev–Trinajstić information content (AvgIpc) is 2.27. The fourth-order valence-corrected chi connectivity index (χ4v) is 3.89. The van der Waals surface area contributed by atoms with Crippen molar-refractivity contribution in [1.29, 1.82) is 0 Å². The van der Waals surface area contributed by atoms with Crippen molar-refractivity contribution in [3.8, 4) is 0 Å². The van der Waals surface area contributed by atoms with Gasteiger partial charge in [0.15, 0.2) is 0 Å². The summed E-state index contributed by atoms with van der Waals surface area (Å²) >= 11 is 3.27. The molecule has 0 heterocycles. The van der Waals surface area contributed by atoms with Gasteiger partial charge in [0.25, 0.3) is 0 Å². The van der Waals surface area contributed by atoms with E-state index in [0.29, 0.717) is 12.0 Å². The van der Waals surface area contributed by atoms with E-state index in [4.69, 9.17) is 5.11 Å². The molecule has 0 aliphatic heterocycles. The van der Waals surface area contributed by atoms with Crippen LogP contribution < -0.4 is 0 Å². The van der Waals surface area contributed by atoms with Gasteiger partial charge < -0.3 is 5.11 Å². The van der Waals surface area contributed by atoms with Crippen molar-refractivity contribution in [2.45, 2.75) is 25.2 Å². The summed E-state index contributed by atoms with van der Waals surface area (Å²) in [5.41, 5.74) is 0.584. The molecule has 0 unspecified atom stereocenters. The minimum absolute atomic E-state index is 0.144. The highest BCUT2D eigenvalue weighted by molar-refractivity contribution is 9.10. The smallest absolute Gasteiger partial charge is 0.318 e. The number of halogens is 1. The summed E-state index contributed by atoms with van der Waals surface area (Å²) in [6.45, 7) is 3.15. The third-order valence-corrected chi connectivity index (χ3v) is 5.04. The summed E-state index contributed by atoms with van der Waals surface area (Å²) in [6, 6.07) is 4.81.